The maximum Gasteiger partial charge on any atom is 0.349 e. The number of H-pyrrole nitrogens is 1. The number of methoxy groups -OCH3 is 2. The molecule has 0 saturated heterocycles. The number of fused-ring (bicyclic) bond motifs is 1. The predicted octanol–water partition coefficient (Wildman–Crippen LogP) is 1.05. The van der Waals surface area contributed by atoms with Gasteiger partial charge in [-0.15, -0.1) is 4.68 Å². The van der Waals surface area contributed by atoms with Gasteiger partial charge in [-0.3, -0.25) is 4.79 Å². The summed E-state index contributed by atoms with van der Waals surface area (Å²) in [5.41, 5.74) is -0.413. The first kappa shape index (κ1) is 19.7. The maximum atomic E-state index is 12.5. The van der Waals surface area contributed by atoms with Crippen molar-refractivity contribution in [3.05, 3.63) is 62.8 Å². The zero-order valence-electron chi connectivity index (χ0n) is 15.5. The van der Waals surface area contributed by atoms with Crippen molar-refractivity contribution < 1.29 is 24.1 Å². The van der Waals surface area contributed by atoms with Gasteiger partial charge in [0.05, 0.1) is 31.3 Å². The van der Waals surface area contributed by atoms with Gasteiger partial charge in [-0.2, -0.15) is 5.10 Å². The Bertz CT molecular complexity index is 1190. The number of rotatable bonds is 7. The van der Waals surface area contributed by atoms with E-state index in [4.69, 9.17) is 19.3 Å². The van der Waals surface area contributed by atoms with Gasteiger partial charge in [0.1, 0.15) is 0 Å². The molecule has 0 aliphatic heterocycles. The lowest BCUT2D eigenvalue weighted by molar-refractivity contribution is -0.139. The molecule has 0 radical (unpaired) electrons. The molecule has 0 aliphatic carbocycles. The second-order valence-electron chi connectivity index (χ2n) is 5.77. The summed E-state index contributed by atoms with van der Waals surface area (Å²) in [6.45, 7) is -0.581. The van der Waals surface area contributed by atoms with Crippen LogP contribution in [-0.2, 0) is 4.79 Å². The Balaban J connectivity index is 2.03. The summed E-state index contributed by atoms with van der Waals surface area (Å²) in [6, 6.07) is 9.60. The molecular weight excluding hydrogens is 382 g/mol. The van der Waals surface area contributed by atoms with Crippen molar-refractivity contribution in [3.8, 4) is 17.2 Å². The summed E-state index contributed by atoms with van der Waals surface area (Å²) in [5, 5.41) is 13.1. The van der Waals surface area contributed by atoms with Gasteiger partial charge in [0, 0.05) is 5.56 Å². The van der Waals surface area contributed by atoms with E-state index in [-0.39, 0.29) is 17.2 Å². The Morgan fingerprint density at radius 3 is 2.45 bits per heavy atom. The summed E-state index contributed by atoms with van der Waals surface area (Å²) in [7, 11) is 2.75. The number of para-hydroxylation sites is 1. The van der Waals surface area contributed by atoms with Crippen molar-refractivity contribution in [3.63, 3.8) is 0 Å². The van der Waals surface area contributed by atoms with Crippen molar-refractivity contribution in [1.82, 2.24) is 9.66 Å². The van der Waals surface area contributed by atoms with Crippen molar-refractivity contribution in [2.75, 3.05) is 20.8 Å². The molecule has 2 aromatic carbocycles. The van der Waals surface area contributed by atoms with Crippen LogP contribution in [0.2, 0.25) is 0 Å². The van der Waals surface area contributed by atoms with Crippen LogP contribution in [0.3, 0.4) is 0 Å². The van der Waals surface area contributed by atoms with E-state index in [1.807, 2.05) is 0 Å². The molecule has 0 saturated carbocycles. The monoisotopic (exact) mass is 399 g/mol. The Kier molecular flexibility index (Phi) is 5.63. The number of aromatic amines is 1. The predicted molar refractivity (Wildman–Crippen MR) is 104 cm³/mol. The van der Waals surface area contributed by atoms with Crippen molar-refractivity contribution in [1.29, 1.82) is 0 Å². The minimum Gasteiger partial charge on any atom is -0.493 e. The largest absolute Gasteiger partial charge is 0.493 e. The van der Waals surface area contributed by atoms with Crippen LogP contribution < -0.4 is 25.5 Å². The average Bonchev–Trinajstić information content (AvgIpc) is 2.71. The molecule has 2 N–H and O–H groups in total. The molecule has 1 aromatic heterocycles. The van der Waals surface area contributed by atoms with Crippen LogP contribution in [0.5, 0.6) is 17.2 Å². The van der Waals surface area contributed by atoms with E-state index in [9.17, 15) is 14.4 Å². The Hall–Kier alpha value is -4.08. The third kappa shape index (κ3) is 4.10. The van der Waals surface area contributed by atoms with E-state index in [1.165, 1.54) is 32.6 Å². The molecule has 10 nitrogen and oxygen atoms in total. The van der Waals surface area contributed by atoms with Crippen molar-refractivity contribution in [2.45, 2.75) is 0 Å². The maximum absolute atomic E-state index is 12.5. The summed E-state index contributed by atoms with van der Waals surface area (Å²) < 4.78 is 16.4. The normalized spacial score (nSPS) is 11.0. The van der Waals surface area contributed by atoms with Gasteiger partial charge in [-0.1, -0.05) is 12.1 Å². The quantitative estimate of drug-likeness (QED) is 0.568. The van der Waals surface area contributed by atoms with Crippen LogP contribution in [0.25, 0.3) is 10.9 Å². The molecule has 0 spiro atoms. The number of aliphatic carboxylic acids is 1. The van der Waals surface area contributed by atoms with E-state index in [2.05, 4.69) is 10.1 Å². The highest BCUT2D eigenvalue weighted by Gasteiger charge is 2.15. The number of hydrogen-bond acceptors (Lipinski definition) is 7. The fraction of sp³-hybridized carbons (Fsp3) is 0.158. The lowest BCUT2D eigenvalue weighted by Crippen LogP contribution is -2.32. The van der Waals surface area contributed by atoms with Crippen LogP contribution in [0.1, 0.15) is 5.56 Å². The SMILES string of the molecule is COc1cc(C=Nn2c(=O)[nH]c3ccccc3c2=O)cc(OC)c1OCC(=O)O. The van der Waals surface area contributed by atoms with Gasteiger partial charge < -0.3 is 24.3 Å². The molecular formula is C19H17N3O7. The van der Waals surface area contributed by atoms with Crippen LogP contribution in [0.15, 0.2) is 51.1 Å². The van der Waals surface area contributed by atoms with Crippen molar-refractivity contribution >= 4 is 23.1 Å². The van der Waals surface area contributed by atoms with Crippen LogP contribution in [0, 0.1) is 0 Å². The van der Waals surface area contributed by atoms with Gasteiger partial charge in [0.2, 0.25) is 5.75 Å². The second kappa shape index (κ2) is 8.30. The minimum atomic E-state index is -1.16. The first-order valence-electron chi connectivity index (χ1n) is 8.33. The average molecular weight is 399 g/mol. The van der Waals surface area contributed by atoms with Gasteiger partial charge in [-0.05, 0) is 24.3 Å². The number of nitrogens with zero attached hydrogens (tertiary/aromatic N) is 2. The van der Waals surface area contributed by atoms with Gasteiger partial charge in [0.25, 0.3) is 5.56 Å². The fourth-order valence-corrected chi connectivity index (χ4v) is 2.63. The van der Waals surface area contributed by atoms with Gasteiger partial charge in [0.15, 0.2) is 18.1 Å². The molecule has 0 fully saturated rings. The molecule has 0 bridgehead atoms. The van der Waals surface area contributed by atoms with Crippen LogP contribution in [0.4, 0.5) is 0 Å². The molecule has 0 atom stereocenters. The highest BCUT2D eigenvalue weighted by atomic mass is 16.5. The summed E-state index contributed by atoms with van der Waals surface area (Å²) >= 11 is 0. The highest BCUT2D eigenvalue weighted by molar-refractivity contribution is 5.83. The fourth-order valence-electron chi connectivity index (χ4n) is 2.63. The van der Waals surface area contributed by atoms with Crippen LogP contribution in [-0.4, -0.2) is 47.8 Å². The molecule has 3 rings (SSSR count). The standard InChI is InChI=1S/C19H17N3O7/c1-27-14-7-11(8-15(28-2)17(14)29-10-16(23)24)9-20-22-18(25)12-5-3-4-6-13(12)21-19(22)26/h3-9H,10H2,1-2H3,(H,21,26)(H,23,24). The highest BCUT2D eigenvalue weighted by Crippen LogP contribution is 2.38. The number of ether oxygens (including phenoxy) is 3. The smallest absolute Gasteiger partial charge is 0.349 e. The summed E-state index contributed by atoms with van der Waals surface area (Å²) in [5.74, 6) is -0.649. The Labute approximate surface area is 163 Å². The van der Waals surface area contributed by atoms with Crippen LogP contribution >= 0.6 is 0 Å². The lowest BCUT2D eigenvalue weighted by atomic mass is 10.2. The number of hydrogen-bond donors (Lipinski definition) is 2. The third-order valence-electron chi connectivity index (χ3n) is 3.93. The van der Waals surface area contributed by atoms with Crippen molar-refractivity contribution in [2.24, 2.45) is 5.10 Å². The second-order valence-corrected chi connectivity index (χ2v) is 5.77. The Morgan fingerprint density at radius 1 is 1.17 bits per heavy atom. The molecule has 1 heterocycles. The molecule has 29 heavy (non-hydrogen) atoms. The number of benzene rings is 2. The topological polar surface area (TPSA) is 132 Å². The molecule has 150 valence electrons. The first-order valence-corrected chi connectivity index (χ1v) is 8.33. The zero-order chi connectivity index (χ0) is 21.0. The Morgan fingerprint density at radius 2 is 1.83 bits per heavy atom. The van der Waals surface area contributed by atoms with E-state index >= 15 is 0 Å². The van der Waals surface area contributed by atoms with Gasteiger partial charge >= 0.3 is 11.7 Å². The molecule has 0 aliphatic rings. The van der Waals surface area contributed by atoms with Gasteiger partial charge in [-0.25, -0.2) is 9.59 Å². The van der Waals surface area contributed by atoms with E-state index in [0.717, 1.165) is 0 Å². The summed E-state index contributed by atoms with van der Waals surface area (Å²) in [6.07, 6.45) is 1.28. The zero-order valence-corrected chi connectivity index (χ0v) is 15.5. The molecule has 0 unspecified atom stereocenters. The number of aromatic nitrogens is 2. The molecule has 3 aromatic rings. The first-order chi connectivity index (χ1) is 13.9. The molecule has 10 heteroatoms. The number of carbonyl (C=O) groups is 1. The number of carboxylic acid groups (broad SMARTS) is 1. The number of carboxylic acids is 1. The minimum absolute atomic E-state index is 0.107. The van der Waals surface area contributed by atoms with E-state index in [1.54, 1.807) is 24.3 Å². The third-order valence-corrected chi connectivity index (χ3v) is 3.93. The number of nitrogens with one attached hydrogen (secondary N) is 1. The summed E-state index contributed by atoms with van der Waals surface area (Å²) in [4.78, 5) is 38.1. The van der Waals surface area contributed by atoms with E-state index < -0.39 is 23.8 Å². The molecule has 0 amide bonds. The lowest BCUT2D eigenvalue weighted by Gasteiger charge is -2.14. The van der Waals surface area contributed by atoms with E-state index in [0.29, 0.717) is 21.1 Å².